The summed E-state index contributed by atoms with van der Waals surface area (Å²) >= 11 is 0. The van der Waals surface area contributed by atoms with Crippen molar-refractivity contribution in [2.24, 2.45) is 7.05 Å². The number of hydrogen-bond donors (Lipinski definition) is 2. The van der Waals surface area contributed by atoms with Crippen LogP contribution in [0.4, 0.5) is 4.39 Å². The number of ether oxygens (including phenoxy) is 1. The number of rotatable bonds is 7. The van der Waals surface area contributed by atoms with Crippen molar-refractivity contribution < 1.29 is 18.7 Å². The van der Waals surface area contributed by atoms with Gasteiger partial charge in [-0.15, -0.1) is 10.2 Å². The van der Waals surface area contributed by atoms with E-state index >= 15 is 0 Å². The van der Waals surface area contributed by atoms with Crippen LogP contribution >= 0.6 is 0 Å². The number of nitrogens with zero attached hydrogens (tertiary/aromatic N) is 4. The molecule has 6 rings (SSSR count). The average Bonchev–Trinajstić information content (AvgIpc) is 3.51. The van der Waals surface area contributed by atoms with E-state index in [4.69, 9.17) is 14.1 Å². The first-order valence-corrected chi connectivity index (χ1v) is 12.1. The smallest absolute Gasteiger partial charge is 0.227 e. The first kappa shape index (κ1) is 23.3. The number of halogens is 1. The van der Waals surface area contributed by atoms with Crippen molar-refractivity contribution in [1.82, 2.24) is 25.1 Å². The highest BCUT2D eigenvalue weighted by atomic mass is 19.1. The lowest BCUT2D eigenvalue weighted by Crippen LogP contribution is -2.43. The summed E-state index contributed by atoms with van der Waals surface area (Å²) in [6, 6.07) is 16.7. The van der Waals surface area contributed by atoms with Crippen molar-refractivity contribution in [3.05, 3.63) is 72.3 Å². The Bertz CT molecular complexity index is 1590. The van der Waals surface area contributed by atoms with E-state index in [1.807, 2.05) is 43.4 Å². The van der Waals surface area contributed by atoms with Crippen LogP contribution in [0, 0.1) is 5.82 Å². The molecule has 8 nitrogen and oxygen atoms in total. The van der Waals surface area contributed by atoms with Crippen molar-refractivity contribution in [3.63, 3.8) is 0 Å². The van der Waals surface area contributed by atoms with Gasteiger partial charge in [0.2, 0.25) is 5.89 Å². The molecule has 188 valence electrons. The molecule has 1 saturated carbocycles. The van der Waals surface area contributed by atoms with Crippen LogP contribution in [-0.4, -0.2) is 44.1 Å². The van der Waals surface area contributed by atoms with Gasteiger partial charge in [0.25, 0.3) is 0 Å². The number of methoxy groups -OCH3 is 1. The zero-order valence-corrected chi connectivity index (χ0v) is 20.5. The van der Waals surface area contributed by atoms with Crippen LogP contribution in [0.1, 0.15) is 18.4 Å². The number of aryl methyl sites for hydroxylation is 1. The Balaban J connectivity index is 1.35. The summed E-state index contributed by atoms with van der Waals surface area (Å²) in [5, 5.41) is 21.1. The first-order chi connectivity index (χ1) is 18.0. The number of hydrogen-bond acceptors (Lipinski definition) is 7. The molecule has 0 atom stereocenters. The number of fused-ring (bicyclic) bond motifs is 1. The maximum Gasteiger partial charge on any atom is 0.227 e. The topological polar surface area (TPSA) is 98.2 Å². The maximum absolute atomic E-state index is 14.2. The fraction of sp³-hybridized carbons (Fsp3) is 0.250. The lowest BCUT2D eigenvalue weighted by Gasteiger charge is -2.32. The van der Waals surface area contributed by atoms with E-state index in [0.717, 1.165) is 35.1 Å². The van der Waals surface area contributed by atoms with Crippen LogP contribution < -0.4 is 10.1 Å². The summed E-state index contributed by atoms with van der Waals surface area (Å²) in [5.74, 6) is 1.30. The van der Waals surface area contributed by atoms with E-state index in [1.165, 1.54) is 12.1 Å². The number of aromatic nitrogens is 4. The Labute approximate surface area is 212 Å². The predicted octanol–water partition coefficient (Wildman–Crippen LogP) is 4.72. The molecular weight excluding hydrogens is 473 g/mol. The molecule has 2 heterocycles. The van der Waals surface area contributed by atoms with Crippen LogP contribution in [-0.2, 0) is 13.6 Å². The first-order valence-electron chi connectivity index (χ1n) is 12.1. The van der Waals surface area contributed by atoms with Crippen molar-refractivity contribution in [3.8, 4) is 39.7 Å². The van der Waals surface area contributed by atoms with Crippen molar-refractivity contribution in [2.75, 3.05) is 7.11 Å². The quantitative estimate of drug-likeness (QED) is 0.334. The molecule has 0 saturated heterocycles. The molecule has 1 aliphatic carbocycles. The minimum Gasteiger partial charge on any atom is -0.493 e. The summed E-state index contributed by atoms with van der Waals surface area (Å²) in [6.07, 6.45) is 2.94. The van der Waals surface area contributed by atoms with Crippen LogP contribution in [0.25, 0.3) is 45.1 Å². The number of oxazole rings is 1. The van der Waals surface area contributed by atoms with E-state index in [2.05, 4.69) is 15.5 Å². The minimum atomic E-state index is -0.345. The van der Waals surface area contributed by atoms with Gasteiger partial charge in [0, 0.05) is 30.8 Å². The second-order valence-electron chi connectivity index (χ2n) is 9.40. The third kappa shape index (κ3) is 4.47. The molecule has 37 heavy (non-hydrogen) atoms. The molecule has 9 heteroatoms. The molecule has 1 fully saturated rings. The number of nitrogens with one attached hydrogen (secondary N) is 1. The van der Waals surface area contributed by atoms with Crippen molar-refractivity contribution in [2.45, 2.75) is 31.5 Å². The lowest BCUT2D eigenvalue weighted by molar-refractivity contribution is 0.0619. The van der Waals surface area contributed by atoms with Gasteiger partial charge in [-0.25, -0.2) is 9.37 Å². The second-order valence-corrected chi connectivity index (χ2v) is 9.40. The van der Waals surface area contributed by atoms with Crippen LogP contribution in [0.3, 0.4) is 0 Å². The second kappa shape index (κ2) is 9.42. The van der Waals surface area contributed by atoms with Gasteiger partial charge in [-0.1, -0.05) is 18.2 Å². The van der Waals surface area contributed by atoms with Gasteiger partial charge in [0.15, 0.2) is 17.2 Å². The molecule has 5 aromatic rings. The maximum atomic E-state index is 14.2. The van der Waals surface area contributed by atoms with Gasteiger partial charge in [0.1, 0.15) is 17.7 Å². The Morgan fingerprint density at radius 2 is 1.95 bits per heavy atom. The Morgan fingerprint density at radius 3 is 2.70 bits per heavy atom. The summed E-state index contributed by atoms with van der Waals surface area (Å²) in [4.78, 5) is 4.76. The molecule has 2 N–H and O–H groups in total. The normalized spacial score (nSPS) is 17.2. The highest BCUT2D eigenvalue weighted by Crippen LogP contribution is 2.36. The molecule has 0 aliphatic heterocycles. The van der Waals surface area contributed by atoms with Gasteiger partial charge in [-0.2, -0.15) is 0 Å². The summed E-state index contributed by atoms with van der Waals surface area (Å²) < 4.78 is 27.7. The number of aliphatic hydroxyl groups is 1. The van der Waals surface area contributed by atoms with Gasteiger partial charge < -0.3 is 24.1 Å². The minimum absolute atomic E-state index is 0.199. The zero-order chi connectivity index (χ0) is 25.5. The highest BCUT2D eigenvalue weighted by molar-refractivity contribution is 5.85. The third-order valence-corrected chi connectivity index (χ3v) is 6.80. The van der Waals surface area contributed by atoms with Crippen LogP contribution in [0.5, 0.6) is 5.75 Å². The molecular formula is C28H26FN5O3. The third-order valence-electron chi connectivity index (χ3n) is 6.80. The molecule has 2 aromatic heterocycles. The average molecular weight is 500 g/mol. The standard InChI is InChI=1S/C28H26FN5O3/c1-34-15-31-33-27(34)23-11-19(29)6-7-22(23)17-4-3-5-18(10-17)28-32-24-8-16(9-25(36-2)26(24)37-28)14-30-20-12-21(35)13-20/h3-11,15,20-21,30,35H,12-14H2,1-2H3. The fourth-order valence-corrected chi connectivity index (χ4v) is 4.75. The van der Waals surface area contributed by atoms with Crippen LogP contribution in [0.15, 0.2) is 65.3 Å². The Kier molecular flexibility index (Phi) is 5.94. The monoisotopic (exact) mass is 499 g/mol. The highest BCUT2D eigenvalue weighted by Gasteiger charge is 2.26. The van der Waals surface area contributed by atoms with Gasteiger partial charge in [0.05, 0.1) is 13.2 Å². The van der Waals surface area contributed by atoms with Gasteiger partial charge in [-0.05, 0) is 65.9 Å². The Hall–Kier alpha value is -4.08. The van der Waals surface area contributed by atoms with E-state index in [1.54, 1.807) is 24.1 Å². The van der Waals surface area contributed by atoms with Crippen molar-refractivity contribution >= 4 is 11.1 Å². The number of benzene rings is 3. The molecule has 3 aromatic carbocycles. The van der Waals surface area contributed by atoms with E-state index in [-0.39, 0.29) is 11.9 Å². The SMILES string of the molecule is COc1cc(CNC2CC(O)C2)cc2nc(-c3cccc(-c4ccc(F)cc4-c4nncn4C)c3)oc12. The fourth-order valence-electron chi connectivity index (χ4n) is 4.75. The summed E-state index contributed by atoms with van der Waals surface area (Å²) in [6.45, 7) is 0.650. The molecule has 1 aliphatic rings. The molecule has 0 radical (unpaired) electrons. The van der Waals surface area contributed by atoms with E-state index in [9.17, 15) is 9.50 Å². The van der Waals surface area contributed by atoms with Gasteiger partial charge in [-0.3, -0.25) is 0 Å². The predicted molar refractivity (Wildman–Crippen MR) is 137 cm³/mol. The largest absolute Gasteiger partial charge is 0.493 e. The Morgan fingerprint density at radius 1 is 1.11 bits per heavy atom. The van der Waals surface area contributed by atoms with Crippen molar-refractivity contribution in [1.29, 1.82) is 0 Å². The molecule has 0 amide bonds. The van der Waals surface area contributed by atoms with Crippen LogP contribution in [0.2, 0.25) is 0 Å². The zero-order valence-electron chi connectivity index (χ0n) is 20.5. The lowest BCUT2D eigenvalue weighted by atomic mass is 9.89. The van der Waals surface area contributed by atoms with Gasteiger partial charge >= 0.3 is 0 Å². The molecule has 0 spiro atoms. The number of aliphatic hydroxyl groups excluding tert-OH is 1. The van der Waals surface area contributed by atoms with E-state index in [0.29, 0.717) is 46.7 Å². The van der Waals surface area contributed by atoms with E-state index < -0.39 is 0 Å². The molecule has 0 bridgehead atoms. The summed E-state index contributed by atoms with van der Waals surface area (Å²) in [7, 11) is 3.44. The summed E-state index contributed by atoms with van der Waals surface area (Å²) in [5.41, 5.74) is 5.43. The molecule has 0 unspecified atom stereocenters.